The summed E-state index contributed by atoms with van der Waals surface area (Å²) in [7, 11) is 0. The molecule has 2 fully saturated rings. The lowest BCUT2D eigenvalue weighted by Crippen LogP contribution is -2.38. The minimum Gasteiger partial charge on any atom is -0.393 e. The van der Waals surface area contributed by atoms with Crippen LogP contribution in [0.1, 0.15) is 59.8 Å². The molecule has 2 aliphatic carbocycles. The van der Waals surface area contributed by atoms with Crippen LogP contribution in [0.15, 0.2) is 0 Å². The Kier molecular flexibility index (Phi) is 10.8. The minimum atomic E-state index is -0.167. The van der Waals surface area contributed by atoms with Crippen molar-refractivity contribution in [3.63, 3.8) is 0 Å². The van der Waals surface area contributed by atoms with Crippen LogP contribution in [0.5, 0.6) is 0 Å². The third kappa shape index (κ3) is 7.79. The van der Waals surface area contributed by atoms with Crippen LogP contribution < -0.4 is 10.6 Å². The molecular formula is C17H34N2O4. The van der Waals surface area contributed by atoms with Crippen molar-refractivity contribution in [2.24, 2.45) is 11.8 Å². The van der Waals surface area contributed by atoms with Gasteiger partial charge in [0.2, 0.25) is 12.8 Å². The molecule has 6 nitrogen and oxygen atoms in total. The van der Waals surface area contributed by atoms with Gasteiger partial charge in [0.05, 0.1) is 12.2 Å². The summed E-state index contributed by atoms with van der Waals surface area (Å²) in [4.78, 5) is 20.2. The second-order valence-corrected chi connectivity index (χ2v) is 6.68. The van der Waals surface area contributed by atoms with Crippen LogP contribution >= 0.6 is 0 Å². The molecule has 0 unspecified atom stereocenters. The number of aliphatic hydroxyl groups excluding tert-OH is 2. The molecule has 0 heterocycles. The fourth-order valence-corrected chi connectivity index (χ4v) is 3.26. The molecule has 2 amide bonds. The number of hydrogen-bond acceptors (Lipinski definition) is 4. The van der Waals surface area contributed by atoms with Crippen LogP contribution in [-0.2, 0) is 9.59 Å². The largest absolute Gasteiger partial charge is 0.393 e. The highest BCUT2D eigenvalue weighted by atomic mass is 16.3. The van der Waals surface area contributed by atoms with E-state index >= 15 is 0 Å². The van der Waals surface area contributed by atoms with E-state index in [1.807, 2.05) is 13.8 Å². The van der Waals surface area contributed by atoms with Crippen LogP contribution in [0.4, 0.5) is 0 Å². The van der Waals surface area contributed by atoms with E-state index in [0.717, 1.165) is 51.3 Å². The quantitative estimate of drug-likeness (QED) is 0.582. The van der Waals surface area contributed by atoms with Gasteiger partial charge in [0.1, 0.15) is 0 Å². The predicted molar refractivity (Wildman–Crippen MR) is 90.8 cm³/mol. The zero-order chi connectivity index (χ0) is 16.5. The van der Waals surface area contributed by atoms with Crippen molar-refractivity contribution in [3.8, 4) is 0 Å². The average Bonchev–Trinajstić information content (AvgIpc) is 2.48. The van der Waals surface area contributed by atoms with Crippen molar-refractivity contribution in [1.29, 1.82) is 0 Å². The molecule has 136 valence electrons. The molecule has 0 radical (unpaired) electrons. The SMILES string of the molecule is C.C[C@@H]1C[C@H](NC=O)CC[C@H]1O.C[C@H]1C[C@@H](NC=O)CC[C@@H]1O. The van der Waals surface area contributed by atoms with Crippen LogP contribution in [-0.4, -0.2) is 47.3 Å². The minimum absolute atomic E-state index is 0. The molecule has 2 rings (SSSR count). The van der Waals surface area contributed by atoms with Crippen molar-refractivity contribution >= 4 is 12.8 Å². The first-order valence-electron chi connectivity index (χ1n) is 8.23. The lowest BCUT2D eigenvalue weighted by atomic mass is 9.85. The summed E-state index contributed by atoms with van der Waals surface area (Å²) in [5.74, 6) is 0.641. The van der Waals surface area contributed by atoms with Gasteiger partial charge in [-0.1, -0.05) is 21.3 Å². The van der Waals surface area contributed by atoms with Crippen molar-refractivity contribution < 1.29 is 19.8 Å². The molecule has 6 heteroatoms. The summed E-state index contributed by atoms with van der Waals surface area (Å²) >= 11 is 0. The fraction of sp³-hybridized carbons (Fsp3) is 0.882. The number of hydrogen-bond donors (Lipinski definition) is 4. The molecule has 0 spiro atoms. The molecule has 0 aromatic rings. The number of rotatable bonds is 4. The smallest absolute Gasteiger partial charge is 0.207 e. The highest BCUT2D eigenvalue weighted by molar-refractivity contribution is 5.46. The van der Waals surface area contributed by atoms with Gasteiger partial charge in [-0.05, 0) is 50.4 Å². The van der Waals surface area contributed by atoms with Gasteiger partial charge in [-0.2, -0.15) is 0 Å². The van der Waals surface area contributed by atoms with Crippen LogP contribution in [0, 0.1) is 11.8 Å². The molecule has 6 atom stereocenters. The topological polar surface area (TPSA) is 98.7 Å². The lowest BCUT2D eigenvalue weighted by molar-refractivity contribution is -0.111. The van der Waals surface area contributed by atoms with E-state index in [-0.39, 0.29) is 31.7 Å². The summed E-state index contributed by atoms with van der Waals surface area (Å²) in [6.45, 7) is 4.03. The summed E-state index contributed by atoms with van der Waals surface area (Å²) in [6.07, 6.45) is 6.40. The van der Waals surface area contributed by atoms with E-state index < -0.39 is 0 Å². The van der Waals surface area contributed by atoms with Gasteiger partial charge in [0.15, 0.2) is 0 Å². The van der Waals surface area contributed by atoms with Crippen molar-refractivity contribution in [3.05, 3.63) is 0 Å². The van der Waals surface area contributed by atoms with Crippen LogP contribution in [0.3, 0.4) is 0 Å². The average molecular weight is 330 g/mol. The first kappa shape index (κ1) is 21.9. The normalized spacial score (nSPS) is 36.5. The number of nitrogens with one attached hydrogen (secondary N) is 2. The van der Waals surface area contributed by atoms with E-state index in [0.29, 0.717) is 11.8 Å². The Hall–Kier alpha value is -1.14. The molecule has 0 saturated heterocycles. The second kappa shape index (κ2) is 11.4. The molecule has 23 heavy (non-hydrogen) atoms. The van der Waals surface area contributed by atoms with Gasteiger partial charge in [-0.25, -0.2) is 0 Å². The lowest BCUT2D eigenvalue weighted by Gasteiger charge is -2.30. The third-order valence-corrected chi connectivity index (χ3v) is 4.86. The second-order valence-electron chi connectivity index (χ2n) is 6.68. The number of carbonyl (C=O) groups excluding carboxylic acids is 2. The van der Waals surface area contributed by atoms with E-state index in [1.54, 1.807) is 0 Å². The van der Waals surface area contributed by atoms with Gasteiger partial charge in [-0.3, -0.25) is 9.59 Å². The molecule has 0 aromatic heterocycles. The Morgan fingerprint density at radius 3 is 1.39 bits per heavy atom. The van der Waals surface area contributed by atoms with E-state index in [4.69, 9.17) is 0 Å². The Balaban J connectivity index is 0.000000403. The molecule has 0 aliphatic heterocycles. The first-order valence-corrected chi connectivity index (χ1v) is 8.23. The van der Waals surface area contributed by atoms with Crippen molar-refractivity contribution in [1.82, 2.24) is 10.6 Å². The summed E-state index contributed by atoms with van der Waals surface area (Å²) in [5, 5.41) is 24.2. The number of aliphatic hydroxyl groups is 2. The van der Waals surface area contributed by atoms with E-state index in [2.05, 4.69) is 10.6 Å². The van der Waals surface area contributed by atoms with Crippen molar-refractivity contribution in [2.45, 2.75) is 84.1 Å². The molecule has 4 N–H and O–H groups in total. The highest BCUT2D eigenvalue weighted by Gasteiger charge is 2.25. The van der Waals surface area contributed by atoms with E-state index in [9.17, 15) is 19.8 Å². The molecule has 0 aromatic carbocycles. The highest BCUT2D eigenvalue weighted by Crippen LogP contribution is 2.24. The standard InChI is InChI=1S/2C8H15NO2.CH4/c2*1-6-4-7(9-5-10)2-3-8(6)11;/h2*5-8,11H,2-4H2,1H3,(H,9,10);1H4/t2*6-,7-,8-;/m10./s1. The maximum absolute atomic E-state index is 10.1. The maximum Gasteiger partial charge on any atom is 0.207 e. The van der Waals surface area contributed by atoms with Gasteiger partial charge in [0.25, 0.3) is 0 Å². The Morgan fingerprint density at radius 1 is 0.783 bits per heavy atom. The fourth-order valence-electron chi connectivity index (χ4n) is 3.26. The summed E-state index contributed by atoms with van der Waals surface area (Å²) in [6, 6.07) is 0.566. The third-order valence-electron chi connectivity index (χ3n) is 4.86. The van der Waals surface area contributed by atoms with E-state index in [1.165, 1.54) is 0 Å². The zero-order valence-corrected chi connectivity index (χ0v) is 13.6. The van der Waals surface area contributed by atoms with Gasteiger partial charge < -0.3 is 20.8 Å². The maximum atomic E-state index is 10.1. The monoisotopic (exact) mass is 330 g/mol. The number of amides is 2. The molecule has 2 saturated carbocycles. The van der Waals surface area contributed by atoms with Gasteiger partial charge >= 0.3 is 0 Å². The summed E-state index contributed by atoms with van der Waals surface area (Å²) in [5.41, 5.74) is 0. The van der Waals surface area contributed by atoms with Crippen LogP contribution in [0.25, 0.3) is 0 Å². The van der Waals surface area contributed by atoms with Gasteiger partial charge in [-0.15, -0.1) is 0 Å². The first-order chi connectivity index (χ1) is 10.5. The summed E-state index contributed by atoms with van der Waals surface area (Å²) < 4.78 is 0. The van der Waals surface area contributed by atoms with Gasteiger partial charge in [0, 0.05) is 12.1 Å². The zero-order valence-electron chi connectivity index (χ0n) is 13.6. The van der Waals surface area contributed by atoms with Crippen LogP contribution in [0.2, 0.25) is 0 Å². The Morgan fingerprint density at radius 2 is 1.13 bits per heavy atom. The number of carbonyl (C=O) groups is 2. The molecular weight excluding hydrogens is 296 g/mol. The molecule has 2 aliphatic rings. The Labute approximate surface area is 140 Å². The Bertz CT molecular complexity index is 309. The predicted octanol–water partition coefficient (Wildman–Crippen LogP) is 1.20. The molecule has 0 bridgehead atoms. The van der Waals surface area contributed by atoms with Crippen molar-refractivity contribution in [2.75, 3.05) is 0 Å².